The summed E-state index contributed by atoms with van der Waals surface area (Å²) in [7, 11) is 0. The van der Waals surface area contributed by atoms with E-state index in [2.05, 4.69) is 26.2 Å². The smallest absolute Gasteiger partial charge is 0.226 e. The Hall–Kier alpha value is -0.940. The maximum absolute atomic E-state index is 12.2. The summed E-state index contributed by atoms with van der Waals surface area (Å²) in [5.41, 5.74) is 6.97. The zero-order valence-electron chi connectivity index (χ0n) is 11.9. The average Bonchev–Trinajstić information content (AvgIpc) is 2.44. The zero-order chi connectivity index (χ0) is 14.6. The Morgan fingerprint density at radius 1 is 1.45 bits per heavy atom. The number of halogens is 1. The summed E-state index contributed by atoms with van der Waals surface area (Å²) >= 11 is 3.40. The minimum absolute atomic E-state index is 0.00720. The van der Waals surface area contributed by atoms with E-state index in [4.69, 9.17) is 5.73 Å². The van der Waals surface area contributed by atoms with Gasteiger partial charge in [0.25, 0.3) is 0 Å². The highest BCUT2D eigenvalue weighted by Gasteiger charge is 2.33. The molecule has 1 aliphatic carbocycles. The number of anilines is 1. The fraction of sp³-hybridized carbons (Fsp3) is 0.600. The van der Waals surface area contributed by atoms with Crippen LogP contribution in [0.3, 0.4) is 0 Å². The van der Waals surface area contributed by atoms with E-state index in [9.17, 15) is 4.79 Å². The average molecular weight is 340 g/mol. The third-order valence-corrected chi connectivity index (χ3v) is 5.03. The molecule has 0 spiro atoms. The molecule has 0 unspecified atom stereocenters. The molecule has 1 aromatic heterocycles. The van der Waals surface area contributed by atoms with Crippen molar-refractivity contribution >= 4 is 27.7 Å². The summed E-state index contributed by atoms with van der Waals surface area (Å²) in [5.74, 6) is 0.630. The van der Waals surface area contributed by atoms with Crippen LogP contribution in [-0.4, -0.2) is 17.4 Å². The van der Waals surface area contributed by atoms with Crippen LogP contribution in [0, 0.1) is 12.3 Å². The van der Waals surface area contributed by atoms with E-state index in [1.54, 1.807) is 6.20 Å². The summed E-state index contributed by atoms with van der Waals surface area (Å²) in [6.07, 6.45) is 7.95. The van der Waals surface area contributed by atoms with Crippen molar-refractivity contribution in [3.05, 3.63) is 22.3 Å². The summed E-state index contributed by atoms with van der Waals surface area (Å²) in [4.78, 5) is 16.4. The van der Waals surface area contributed by atoms with Crippen molar-refractivity contribution in [1.82, 2.24) is 4.98 Å². The molecule has 5 heteroatoms. The molecule has 2 rings (SSSR count). The normalized spacial score (nSPS) is 17.8. The van der Waals surface area contributed by atoms with Crippen LogP contribution in [0.1, 0.15) is 44.1 Å². The SMILES string of the molecule is Cc1cc(NC(=O)CC2(CN)CCCCC2)ncc1Br. The molecule has 4 nitrogen and oxygen atoms in total. The third-order valence-electron chi connectivity index (χ3n) is 4.20. The molecule has 3 N–H and O–H groups in total. The zero-order valence-corrected chi connectivity index (χ0v) is 13.5. The summed E-state index contributed by atoms with van der Waals surface area (Å²) < 4.78 is 0.946. The second-order valence-corrected chi connectivity index (χ2v) is 6.66. The first-order chi connectivity index (χ1) is 9.54. The van der Waals surface area contributed by atoms with Crippen LogP contribution < -0.4 is 11.1 Å². The Bertz CT molecular complexity index is 484. The number of aryl methyl sites for hydroxylation is 1. The predicted octanol–water partition coefficient (Wildman–Crippen LogP) is 3.39. The van der Waals surface area contributed by atoms with Gasteiger partial charge in [-0.15, -0.1) is 0 Å². The minimum Gasteiger partial charge on any atom is -0.330 e. The van der Waals surface area contributed by atoms with Crippen molar-refractivity contribution in [2.24, 2.45) is 11.1 Å². The fourth-order valence-electron chi connectivity index (χ4n) is 2.89. The Morgan fingerprint density at radius 2 is 2.15 bits per heavy atom. The number of pyridine rings is 1. The number of nitrogens with two attached hydrogens (primary N) is 1. The van der Waals surface area contributed by atoms with Crippen molar-refractivity contribution in [2.45, 2.75) is 45.4 Å². The highest BCUT2D eigenvalue weighted by molar-refractivity contribution is 9.10. The molecular weight excluding hydrogens is 318 g/mol. The number of carbonyl (C=O) groups is 1. The van der Waals surface area contributed by atoms with Gasteiger partial charge in [0.2, 0.25) is 5.91 Å². The second kappa shape index (κ2) is 6.68. The topological polar surface area (TPSA) is 68.0 Å². The molecule has 1 fully saturated rings. The van der Waals surface area contributed by atoms with E-state index in [0.717, 1.165) is 22.9 Å². The lowest BCUT2D eigenvalue weighted by molar-refractivity contribution is -0.118. The lowest BCUT2D eigenvalue weighted by Crippen LogP contribution is -2.36. The highest BCUT2D eigenvalue weighted by Crippen LogP contribution is 2.38. The van der Waals surface area contributed by atoms with Crippen molar-refractivity contribution < 1.29 is 4.79 Å². The number of nitrogens with one attached hydrogen (secondary N) is 1. The van der Waals surface area contributed by atoms with Gasteiger partial charge in [-0.3, -0.25) is 4.79 Å². The monoisotopic (exact) mass is 339 g/mol. The maximum Gasteiger partial charge on any atom is 0.226 e. The quantitative estimate of drug-likeness (QED) is 0.883. The molecule has 0 radical (unpaired) electrons. The molecule has 1 aromatic rings. The van der Waals surface area contributed by atoms with Crippen LogP contribution in [0.5, 0.6) is 0 Å². The van der Waals surface area contributed by atoms with Crippen LogP contribution in [0.4, 0.5) is 5.82 Å². The third kappa shape index (κ3) is 3.79. The van der Waals surface area contributed by atoms with Gasteiger partial charge in [0, 0.05) is 17.1 Å². The number of nitrogens with zero attached hydrogens (tertiary/aromatic N) is 1. The van der Waals surface area contributed by atoms with Gasteiger partial charge in [-0.25, -0.2) is 4.98 Å². The lowest BCUT2D eigenvalue weighted by atomic mass is 9.71. The van der Waals surface area contributed by atoms with E-state index in [-0.39, 0.29) is 11.3 Å². The summed E-state index contributed by atoms with van der Waals surface area (Å²) in [6, 6.07) is 1.87. The summed E-state index contributed by atoms with van der Waals surface area (Å²) in [5, 5.41) is 2.89. The van der Waals surface area contributed by atoms with Crippen molar-refractivity contribution in [3.63, 3.8) is 0 Å². The van der Waals surface area contributed by atoms with Crippen molar-refractivity contribution in [3.8, 4) is 0 Å². The van der Waals surface area contributed by atoms with E-state index >= 15 is 0 Å². The standard InChI is InChI=1S/C15H22BrN3O/c1-11-7-13(18-9-12(11)16)19-14(20)8-15(10-17)5-3-2-4-6-15/h7,9H,2-6,8,10,17H2,1H3,(H,18,19,20). The number of aromatic nitrogens is 1. The van der Waals surface area contributed by atoms with Crippen LogP contribution >= 0.6 is 15.9 Å². The molecular formula is C15H22BrN3O. The number of hydrogen-bond donors (Lipinski definition) is 2. The predicted molar refractivity (Wildman–Crippen MR) is 84.5 cm³/mol. The first-order valence-electron chi connectivity index (χ1n) is 7.17. The van der Waals surface area contributed by atoms with Gasteiger partial charge in [-0.1, -0.05) is 19.3 Å². The highest BCUT2D eigenvalue weighted by atomic mass is 79.9. The molecule has 1 aliphatic rings. The van der Waals surface area contributed by atoms with E-state index in [0.29, 0.717) is 18.8 Å². The fourth-order valence-corrected chi connectivity index (χ4v) is 3.11. The number of amides is 1. The number of hydrogen-bond acceptors (Lipinski definition) is 3. The molecule has 0 bridgehead atoms. The molecule has 1 amide bonds. The molecule has 20 heavy (non-hydrogen) atoms. The molecule has 0 aromatic carbocycles. The molecule has 1 saturated carbocycles. The van der Waals surface area contributed by atoms with Crippen molar-refractivity contribution in [1.29, 1.82) is 0 Å². The molecule has 110 valence electrons. The first kappa shape index (κ1) is 15.4. The maximum atomic E-state index is 12.2. The first-order valence-corrected chi connectivity index (χ1v) is 7.96. The Balaban J connectivity index is 1.98. The largest absolute Gasteiger partial charge is 0.330 e. The molecule has 1 heterocycles. The van der Waals surface area contributed by atoms with Gasteiger partial charge >= 0.3 is 0 Å². The lowest BCUT2D eigenvalue weighted by Gasteiger charge is -2.35. The minimum atomic E-state index is -0.00720. The van der Waals surface area contributed by atoms with Gasteiger partial charge in [-0.2, -0.15) is 0 Å². The van der Waals surface area contributed by atoms with Gasteiger partial charge in [0.05, 0.1) is 0 Å². The van der Waals surface area contributed by atoms with E-state index in [1.807, 2.05) is 13.0 Å². The Morgan fingerprint density at radius 3 is 2.75 bits per heavy atom. The second-order valence-electron chi connectivity index (χ2n) is 5.81. The number of rotatable bonds is 4. The van der Waals surface area contributed by atoms with Crippen LogP contribution in [0.15, 0.2) is 16.7 Å². The van der Waals surface area contributed by atoms with Crippen LogP contribution in [0.2, 0.25) is 0 Å². The van der Waals surface area contributed by atoms with Gasteiger partial charge in [-0.05, 0) is 59.3 Å². The summed E-state index contributed by atoms with van der Waals surface area (Å²) in [6.45, 7) is 2.57. The van der Waals surface area contributed by atoms with Crippen LogP contribution in [0.25, 0.3) is 0 Å². The Labute approximate surface area is 128 Å². The van der Waals surface area contributed by atoms with Gasteiger partial charge in [0.15, 0.2) is 0 Å². The number of carbonyl (C=O) groups excluding carboxylic acids is 1. The van der Waals surface area contributed by atoms with Gasteiger partial charge in [0.1, 0.15) is 5.82 Å². The van der Waals surface area contributed by atoms with E-state index < -0.39 is 0 Å². The van der Waals surface area contributed by atoms with Crippen LogP contribution in [-0.2, 0) is 4.79 Å². The van der Waals surface area contributed by atoms with Gasteiger partial charge < -0.3 is 11.1 Å². The van der Waals surface area contributed by atoms with E-state index in [1.165, 1.54) is 19.3 Å². The molecule has 0 atom stereocenters. The van der Waals surface area contributed by atoms with Crippen molar-refractivity contribution in [2.75, 3.05) is 11.9 Å². The Kier molecular flexibility index (Phi) is 5.16. The molecule has 0 aliphatic heterocycles. The molecule has 0 saturated heterocycles.